The zero-order valence-electron chi connectivity index (χ0n) is 19.4. The number of carbonyl (C=O) groups is 1. The van der Waals surface area contributed by atoms with Crippen molar-refractivity contribution in [3.05, 3.63) is 89.2 Å². The molecular weight excluding hydrogens is 469 g/mol. The number of amides is 1. The first-order chi connectivity index (χ1) is 17.0. The Morgan fingerprint density at radius 3 is 2.29 bits per heavy atom. The van der Waals surface area contributed by atoms with Crippen LogP contribution >= 0.6 is 11.6 Å². The smallest absolute Gasteiger partial charge is 0.415 e. The molecule has 2 fully saturated rings. The fourth-order valence-corrected chi connectivity index (χ4v) is 4.71. The topological polar surface area (TPSA) is 45.2 Å². The van der Waals surface area contributed by atoms with Crippen LogP contribution in [0.5, 0.6) is 11.5 Å². The highest BCUT2D eigenvalue weighted by Crippen LogP contribution is 2.39. The molecule has 0 aromatic heterocycles. The lowest BCUT2D eigenvalue weighted by molar-refractivity contribution is 0.0738. The van der Waals surface area contributed by atoms with E-state index in [1.165, 1.54) is 12.1 Å². The molecule has 2 saturated heterocycles. The maximum absolute atomic E-state index is 14.2. The molecule has 1 amide bonds. The van der Waals surface area contributed by atoms with E-state index in [9.17, 15) is 9.18 Å². The first-order valence-corrected chi connectivity index (χ1v) is 12.0. The van der Waals surface area contributed by atoms with Gasteiger partial charge in [-0.15, -0.1) is 0 Å². The summed E-state index contributed by atoms with van der Waals surface area (Å²) in [5.74, 6) is 0.944. The van der Waals surface area contributed by atoms with Crippen LogP contribution in [-0.2, 0) is 4.74 Å². The van der Waals surface area contributed by atoms with Gasteiger partial charge in [-0.2, -0.15) is 0 Å². The van der Waals surface area contributed by atoms with Crippen molar-refractivity contribution in [1.29, 1.82) is 0 Å². The van der Waals surface area contributed by atoms with Crippen LogP contribution in [0.4, 0.5) is 14.9 Å². The molecule has 0 radical (unpaired) electrons. The second-order valence-corrected chi connectivity index (χ2v) is 9.38. The standard InChI is InChI=1S/C27H27ClFN3O3/c1-30-13-15-31(16-14-30)18-25-26(19-3-2-4-21(29)17-19)32(27(33)35-25)22-7-11-24(12-8-22)34-23-9-5-20(28)6-10-23/h2-12,17,25-26H,13-16,18H2,1H3. The first kappa shape index (κ1) is 23.6. The lowest BCUT2D eigenvalue weighted by atomic mass is 9.99. The van der Waals surface area contributed by atoms with Crippen molar-refractivity contribution in [2.45, 2.75) is 12.1 Å². The van der Waals surface area contributed by atoms with Crippen LogP contribution in [0.3, 0.4) is 0 Å². The molecule has 0 N–H and O–H groups in total. The number of hydrogen-bond acceptors (Lipinski definition) is 5. The molecule has 0 spiro atoms. The maximum atomic E-state index is 14.2. The van der Waals surface area contributed by atoms with Gasteiger partial charge in [0.2, 0.25) is 0 Å². The Bertz CT molecular complexity index is 1170. The minimum absolute atomic E-state index is 0.341. The Morgan fingerprint density at radius 2 is 1.63 bits per heavy atom. The predicted octanol–water partition coefficient (Wildman–Crippen LogP) is 5.59. The summed E-state index contributed by atoms with van der Waals surface area (Å²) in [6.45, 7) is 4.32. The normalized spacial score (nSPS) is 21.2. The number of ether oxygens (including phenoxy) is 2. The molecule has 0 saturated carbocycles. The first-order valence-electron chi connectivity index (χ1n) is 11.7. The number of carbonyl (C=O) groups excluding carboxylic acids is 1. The van der Waals surface area contributed by atoms with E-state index in [2.05, 4.69) is 16.8 Å². The second kappa shape index (κ2) is 10.2. The van der Waals surface area contributed by atoms with Gasteiger partial charge in [-0.1, -0.05) is 23.7 Å². The van der Waals surface area contributed by atoms with Crippen LogP contribution in [0.2, 0.25) is 5.02 Å². The number of halogens is 2. The summed E-state index contributed by atoms with van der Waals surface area (Å²) in [4.78, 5) is 19.3. The molecule has 3 aromatic carbocycles. The number of benzene rings is 3. The third kappa shape index (κ3) is 5.42. The van der Waals surface area contributed by atoms with E-state index in [-0.39, 0.29) is 5.82 Å². The van der Waals surface area contributed by atoms with Crippen LogP contribution in [0, 0.1) is 5.82 Å². The fourth-order valence-electron chi connectivity index (χ4n) is 4.59. The number of cyclic esters (lactones) is 1. The summed E-state index contributed by atoms with van der Waals surface area (Å²) in [6, 6.07) is 20.3. The third-order valence-electron chi connectivity index (χ3n) is 6.47. The van der Waals surface area contributed by atoms with Crippen LogP contribution < -0.4 is 9.64 Å². The summed E-state index contributed by atoms with van der Waals surface area (Å²) >= 11 is 5.94. The quantitative estimate of drug-likeness (QED) is 0.446. The average Bonchev–Trinajstić information content (AvgIpc) is 3.18. The van der Waals surface area contributed by atoms with Gasteiger partial charge in [0.1, 0.15) is 29.5 Å². The highest BCUT2D eigenvalue weighted by Gasteiger charge is 2.44. The third-order valence-corrected chi connectivity index (χ3v) is 6.72. The molecule has 182 valence electrons. The van der Waals surface area contributed by atoms with E-state index in [1.807, 2.05) is 18.2 Å². The molecule has 2 heterocycles. The summed E-state index contributed by atoms with van der Waals surface area (Å²) < 4.78 is 25.9. The Balaban J connectivity index is 1.39. The van der Waals surface area contributed by atoms with Crippen LogP contribution in [0.25, 0.3) is 0 Å². The van der Waals surface area contributed by atoms with E-state index in [0.29, 0.717) is 34.3 Å². The van der Waals surface area contributed by atoms with Crippen molar-refractivity contribution >= 4 is 23.4 Å². The van der Waals surface area contributed by atoms with Gasteiger partial charge in [-0.3, -0.25) is 9.80 Å². The molecule has 2 aliphatic rings. The number of rotatable bonds is 6. The van der Waals surface area contributed by atoms with E-state index >= 15 is 0 Å². The summed E-state index contributed by atoms with van der Waals surface area (Å²) in [6.07, 6.45) is -0.859. The molecule has 2 unspecified atom stereocenters. The van der Waals surface area contributed by atoms with Gasteiger partial charge < -0.3 is 14.4 Å². The number of nitrogens with zero attached hydrogens (tertiary/aromatic N) is 3. The molecule has 6 nitrogen and oxygen atoms in total. The SMILES string of the molecule is CN1CCN(CC2OC(=O)N(c3ccc(Oc4ccc(Cl)cc4)cc3)C2c2cccc(F)c2)CC1. The summed E-state index contributed by atoms with van der Waals surface area (Å²) in [7, 11) is 2.10. The van der Waals surface area contributed by atoms with Crippen molar-refractivity contribution < 1.29 is 18.7 Å². The minimum Gasteiger partial charge on any atom is -0.457 e. The van der Waals surface area contributed by atoms with Gasteiger partial charge in [0.05, 0.1) is 0 Å². The molecule has 2 atom stereocenters. The van der Waals surface area contributed by atoms with Crippen molar-refractivity contribution in [1.82, 2.24) is 9.80 Å². The highest BCUT2D eigenvalue weighted by molar-refractivity contribution is 6.30. The zero-order valence-corrected chi connectivity index (χ0v) is 20.2. The van der Waals surface area contributed by atoms with Crippen molar-refractivity contribution in [3.63, 3.8) is 0 Å². The van der Waals surface area contributed by atoms with E-state index in [4.69, 9.17) is 21.1 Å². The average molecular weight is 496 g/mol. The Kier molecular flexibility index (Phi) is 6.90. The molecule has 8 heteroatoms. The molecule has 3 aromatic rings. The lowest BCUT2D eigenvalue weighted by Gasteiger charge is -2.34. The van der Waals surface area contributed by atoms with Crippen LogP contribution in [0.15, 0.2) is 72.8 Å². The van der Waals surface area contributed by atoms with Crippen molar-refractivity contribution in [3.8, 4) is 11.5 Å². The molecule has 0 bridgehead atoms. The monoisotopic (exact) mass is 495 g/mol. The van der Waals surface area contributed by atoms with Crippen molar-refractivity contribution in [2.75, 3.05) is 44.7 Å². The van der Waals surface area contributed by atoms with Crippen molar-refractivity contribution in [2.24, 2.45) is 0 Å². The zero-order chi connectivity index (χ0) is 24.4. The maximum Gasteiger partial charge on any atom is 0.415 e. The van der Waals surface area contributed by atoms with E-state index in [1.54, 1.807) is 47.4 Å². The summed E-state index contributed by atoms with van der Waals surface area (Å²) in [5, 5.41) is 0.634. The number of piperazine rings is 1. The largest absolute Gasteiger partial charge is 0.457 e. The molecule has 5 rings (SSSR count). The molecular formula is C27H27ClFN3O3. The van der Waals surface area contributed by atoms with Gasteiger partial charge in [0.25, 0.3) is 0 Å². The lowest BCUT2D eigenvalue weighted by Crippen LogP contribution is -2.48. The highest BCUT2D eigenvalue weighted by atomic mass is 35.5. The molecule has 35 heavy (non-hydrogen) atoms. The number of anilines is 1. The minimum atomic E-state index is -0.444. The number of hydrogen-bond donors (Lipinski definition) is 0. The van der Waals surface area contributed by atoms with Gasteiger partial charge in [0, 0.05) is 43.4 Å². The predicted molar refractivity (Wildman–Crippen MR) is 134 cm³/mol. The number of likely N-dealkylation sites (N-methyl/N-ethyl adjacent to an activating group) is 1. The Morgan fingerprint density at radius 1 is 0.971 bits per heavy atom. The Labute approximate surface area is 209 Å². The van der Waals surface area contributed by atoms with E-state index < -0.39 is 18.2 Å². The van der Waals surface area contributed by atoms with Gasteiger partial charge in [0.15, 0.2) is 0 Å². The second-order valence-electron chi connectivity index (χ2n) is 8.95. The Hall–Kier alpha value is -3.13. The summed E-state index contributed by atoms with van der Waals surface area (Å²) in [5.41, 5.74) is 1.37. The van der Waals surface area contributed by atoms with E-state index in [0.717, 1.165) is 26.2 Å². The van der Waals surface area contributed by atoms with Gasteiger partial charge >= 0.3 is 6.09 Å². The molecule has 2 aliphatic heterocycles. The fraction of sp³-hybridized carbons (Fsp3) is 0.296. The molecule has 0 aliphatic carbocycles. The van der Waals surface area contributed by atoms with Gasteiger partial charge in [-0.05, 0) is 73.3 Å². The van der Waals surface area contributed by atoms with Crippen LogP contribution in [-0.4, -0.2) is 61.8 Å². The van der Waals surface area contributed by atoms with Gasteiger partial charge in [-0.25, -0.2) is 9.18 Å². The van der Waals surface area contributed by atoms with Crippen LogP contribution in [0.1, 0.15) is 11.6 Å².